The van der Waals surface area contributed by atoms with E-state index in [9.17, 15) is 4.79 Å². The fourth-order valence-corrected chi connectivity index (χ4v) is 2.03. The van der Waals surface area contributed by atoms with Crippen LogP contribution in [0.5, 0.6) is 0 Å². The molecule has 17 heavy (non-hydrogen) atoms. The minimum atomic E-state index is -0.0999. The summed E-state index contributed by atoms with van der Waals surface area (Å²) in [7, 11) is 0. The van der Waals surface area contributed by atoms with Gasteiger partial charge in [0, 0.05) is 23.0 Å². The number of nitrogens with one attached hydrogen (secondary N) is 1. The Morgan fingerprint density at radius 3 is 2.47 bits per heavy atom. The summed E-state index contributed by atoms with van der Waals surface area (Å²) in [5, 5.41) is 2.97. The summed E-state index contributed by atoms with van der Waals surface area (Å²) >= 11 is 0. The molecule has 0 heterocycles. The third-order valence-corrected chi connectivity index (χ3v) is 3.00. The zero-order valence-electron chi connectivity index (χ0n) is 10.1. The highest BCUT2D eigenvalue weighted by Crippen LogP contribution is 2.33. The van der Waals surface area contributed by atoms with Crippen molar-refractivity contribution in [3.63, 3.8) is 0 Å². The van der Waals surface area contributed by atoms with Crippen LogP contribution in [0.2, 0.25) is 0 Å². The lowest BCUT2D eigenvalue weighted by Crippen LogP contribution is -2.32. The fourth-order valence-electron chi connectivity index (χ4n) is 2.03. The zero-order valence-corrected chi connectivity index (χ0v) is 10.1. The quantitative estimate of drug-likeness (QED) is 0.693. The Morgan fingerprint density at radius 2 is 1.94 bits per heavy atom. The van der Waals surface area contributed by atoms with Gasteiger partial charge < -0.3 is 16.8 Å². The van der Waals surface area contributed by atoms with Crippen molar-refractivity contribution in [1.82, 2.24) is 5.32 Å². The van der Waals surface area contributed by atoms with E-state index in [4.69, 9.17) is 11.5 Å². The molecule has 1 atom stereocenters. The Balaban J connectivity index is 1.97. The molecule has 4 nitrogen and oxygen atoms in total. The Kier molecular flexibility index (Phi) is 3.22. The second-order valence-electron chi connectivity index (χ2n) is 4.94. The average molecular weight is 233 g/mol. The lowest BCUT2D eigenvalue weighted by Gasteiger charge is -2.13. The Morgan fingerprint density at radius 1 is 1.35 bits per heavy atom. The first-order chi connectivity index (χ1) is 8.04. The molecule has 0 spiro atoms. The van der Waals surface area contributed by atoms with Gasteiger partial charge in [0.05, 0.1) is 0 Å². The summed E-state index contributed by atoms with van der Waals surface area (Å²) in [5.41, 5.74) is 12.9. The molecule has 1 aromatic carbocycles. The molecule has 92 valence electrons. The molecule has 0 aromatic heterocycles. The molecule has 1 saturated carbocycles. The van der Waals surface area contributed by atoms with E-state index in [1.165, 1.54) is 12.8 Å². The minimum absolute atomic E-state index is 0.0999. The highest BCUT2D eigenvalue weighted by molar-refractivity contribution is 5.96. The van der Waals surface area contributed by atoms with E-state index in [2.05, 4.69) is 5.32 Å². The Hall–Kier alpha value is -1.71. The molecule has 0 saturated heterocycles. The largest absolute Gasteiger partial charge is 0.399 e. The van der Waals surface area contributed by atoms with Gasteiger partial charge >= 0.3 is 0 Å². The van der Waals surface area contributed by atoms with Crippen molar-refractivity contribution < 1.29 is 4.79 Å². The SMILES string of the molecule is CC(CC1CC1)NC(=O)c1cc(N)cc(N)c1. The first-order valence-corrected chi connectivity index (χ1v) is 6.01. The molecular formula is C13H19N3O. The number of nitrogen functional groups attached to an aromatic ring is 2. The smallest absolute Gasteiger partial charge is 0.251 e. The van der Waals surface area contributed by atoms with Crippen LogP contribution in [0.15, 0.2) is 18.2 Å². The van der Waals surface area contributed by atoms with E-state index in [0.29, 0.717) is 16.9 Å². The lowest BCUT2D eigenvalue weighted by atomic mass is 10.1. The van der Waals surface area contributed by atoms with Crippen LogP contribution < -0.4 is 16.8 Å². The third kappa shape index (κ3) is 3.37. The standard InChI is InChI=1S/C13H19N3O/c1-8(4-9-2-3-9)16-13(17)10-5-11(14)7-12(15)6-10/h5-9H,2-4,14-15H2,1H3,(H,16,17). The predicted octanol–water partition coefficient (Wildman–Crippen LogP) is 1.77. The topological polar surface area (TPSA) is 81.1 Å². The van der Waals surface area contributed by atoms with Gasteiger partial charge in [-0.2, -0.15) is 0 Å². The normalized spacial score (nSPS) is 16.5. The van der Waals surface area contributed by atoms with Crippen molar-refractivity contribution in [2.45, 2.75) is 32.2 Å². The van der Waals surface area contributed by atoms with Gasteiger partial charge in [-0.25, -0.2) is 0 Å². The number of hydrogen-bond acceptors (Lipinski definition) is 3. The number of anilines is 2. The van der Waals surface area contributed by atoms with Gasteiger partial charge in [-0.3, -0.25) is 4.79 Å². The maximum absolute atomic E-state index is 11.9. The monoisotopic (exact) mass is 233 g/mol. The molecule has 2 rings (SSSR count). The first-order valence-electron chi connectivity index (χ1n) is 6.01. The zero-order chi connectivity index (χ0) is 12.4. The van der Waals surface area contributed by atoms with Crippen LogP contribution in [-0.2, 0) is 0 Å². The van der Waals surface area contributed by atoms with E-state index < -0.39 is 0 Å². The Bertz CT molecular complexity index is 406. The molecule has 0 radical (unpaired) electrons. The van der Waals surface area contributed by atoms with Gasteiger partial charge in [-0.1, -0.05) is 12.8 Å². The van der Waals surface area contributed by atoms with Gasteiger partial charge in [0.25, 0.3) is 5.91 Å². The molecule has 0 bridgehead atoms. The summed E-state index contributed by atoms with van der Waals surface area (Å²) in [6.45, 7) is 2.03. The number of carbonyl (C=O) groups excluding carboxylic acids is 1. The van der Waals surface area contributed by atoms with E-state index in [0.717, 1.165) is 12.3 Å². The first kappa shape index (κ1) is 11.8. The van der Waals surface area contributed by atoms with Crippen LogP contribution in [0.4, 0.5) is 11.4 Å². The van der Waals surface area contributed by atoms with E-state index in [1.54, 1.807) is 18.2 Å². The minimum Gasteiger partial charge on any atom is -0.399 e. The average Bonchev–Trinajstić information content (AvgIpc) is 2.99. The summed E-state index contributed by atoms with van der Waals surface area (Å²) in [5.74, 6) is 0.702. The number of rotatable bonds is 4. The van der Waals surface area contributed by atoms with Gasteiger partial charge in [0.15, 0.2) is 0 Å². The van der Waals surface area contributed by atoms with Crippen LogP contribution in [-0.4, -0.2) is 11.9 Å². The predicted molar refractivity (Wildman–Crippen MR) is 69.5 cm³/mol. The van der Waals surface area contributed by atoms with Crippen molar-refractivity contribution in [1.29, 1.82) is 0 Å². The summed E-state index contributed by atoms with van der Waals surface area (Å²) in [6.07, 6.45) is 3.65. The number of carbonyl (C=O) groups is 1. The molecule has 1 aromatic rings. The molecule has 1 amide bonds. The number of benzene rings is 1. The molecule has 1 aliphatic carbocycles. The van der Waals surface area contributed by atoms with Crippen molar-refractivity contribution in [3.8, 4) is 0 Å². The summed E-state index contributed by atoms with van der Waals surface area (Å²) in [6, 6.07) is 5.15. The van der Waals surface area contributed by atoms with Crippen LogP contribution >= 0.6 is 0 Å². The second-order valence-corrected chi connectivity index (χ2v) is 4.94. The lowest BCUT2D eigenvalue weighted by molar-refractivity contribution is 0.0937. The van der Waals surface area contributed by atoms with Gasteiger partial charge in [0.1, 0.15) is 0 Å². The second kappa shape index (κ2) is 4.65. The molecule has 1 fully saturated rings. The fraction of sp³-hybridized carbons (Fsp3) is 0.462. The molecule has 1 unspecified atom stereocenters. The molecule has 1 aliphatic rings. The van der Waals surface area contributed by atoms with Crippen molar-refractivity contribution >= 4 is 17.3 Å². The highest BCUT2D eigenvalue weighted by atomic mass is 16.1. The van der Waals surface area contributed by atoms with Crippen LogP contribution in [0.25, 0.3) is 0 Å². The van der Waals surface area contributed by atoms with Gasteiger partial charge in [-0.15, -0.1) is 0 Å². The van der Waals surface area contributed by atoms with Crippen molar-refractivity contribution in [2.75, 3.05) is 11.5 Å². The maximum atomic E-state index is 11.9. The van der Waals surface area contributed by atoms with Crippen LogP contribution in [0.3, 0.4) is 0 Å². The van der Waals surface area contributed by atoms with Crippen molar-refractivity contribution in [2.24, 2.45) is 5.92 Å². The highest BCUT2D eigenvalue weighted by Gasteiger charge is 2.24. The van der Waals surface area contributed by atoms with E-state index in [1.807, 2.05) is 6.92 Å². The number of hydrogen-bond donors (Lipinski definition) is 3. The van der Waals surface area contributed by atoms with Crippen LogP contribution in [0.1, 0.15) is 36.5 Å². The third-order valence-electron chi connectivity index (χ3n) is 3.00. The van der Waals surface area contributed by atoms with Gasteiger partial charge in [0.2, 0.25) is 0 Å². The number of nitrogens with two attached hydrogens (primary N) is 2. The summed E-state index contributed by atoms with van der Waals surface area (Å²) in [4.78, 5) is 11.9. The van der Waals surface area contributed by atoms with Crippen LogP contribution in [0, 0.1) is 5.92 Å². The Labute approximate surface area is 101 Å². The molecule has 4 heteroatoms. The molecular weight excluding hydrogens is 214 g/mol. The number of amides is 1. The maximum Gasteiger partial charge on any atom is 0.251 e. The van der Waals surface area contributed by atoms with Crippen molar-refractivity contribution in [3.05, 3.63) is 23.8 Å². The molecule has 5 N–H and O–H groups in total. The molecule has 0 aliphatic heterocycles. The van der Waals surface area contributed by atoms with E-state index in [-0.39, 0.29) is 11.9 Å². The van der Waals surface area contributed by atoms with Gasteiger partial charge in [-0.05, 0) is 37.5 Å². The summed E-state index contributed by atoms with van der Waals surface area (Å²) < 4.78 is 0. The van der Waals surface area contributed by atoms with E-state index >= 15 is 0 Å².